The molecule has 0 saturated heterocycles. The SMILES string of the molecule is CC/C=C\C/C=C\C/C=C\C/C=C\C/C=C\C/C=C\C/C=C\C/C=C\CCCCCCCCCCCCCCCCCCC(=O)OC(COC(=O)CCCCCCCCCCC/C=C\CCCCCCCC)COC(OCC[N+](C)(C)C)C(=O)[O-]. The first-order valence-electron chi connectivity index (χ1n) is 35.0. The number of aliphatic carboxylic acids is 1. The highest BCUT2D eigenvalue weighted by Gasteiger charge is 2.22. The van der Waals surface area contributed by atoms with Crippen LogP contribution in [0.3, 0.4) is 0 Å². The predicted octanol–water partition coefficient (Wildman–Crippen LogP) is 20.5. The van der Waals surface area contributed by atoms with E-state index < -0.39 is 24.3 Å². The number of ether oxygens (including phenoxy) is 4. The Morgan fingerprint density at radius 1 is 0.365 bits per heavy atom. The van der Waals surface area contributed by atoms with Crippen molar-refractivity contribution in [2.75, 3.05) is 47.5 Å². The molecule has 0 aliphatic carbocycles. The van der Waals surface area contributed by atoms with Crippen molar-refractivity contribution in [1.82, 2.24) is 0 Å². The van der Waals surface area contributed by atoms with Crippen molar-refractivity contribution in [3.8, 4) is 0 Å². The van der Waals surface area contributed by atoms with E-state index in [-0.39, 0.29) is 38.6 Å². The minimum atomic E-state index is -1.63. The van der Waals surface area contributed by atoms with Gasteiger partial charge in [-0.3, -0.25) is 9.59 Å². The fraction of sp³-hybridized carbons (Fsp3) is 0.724. The van der Waals surface area contributed by atoms with Crippen LogP contribution < -0.4 is 5.11 Å². The van der Waals surface area contributed by atoms with Gasteiger partial charge in [0.15, 0.2) is 12.4 Å². The number of carboxylic acids is 1. The number of esters is 2. The highest BCUT2D eigenvalue weighted by Crippen LogP contribution is 2.17. The lowest BCUT2D eigenvalue weighted by Gasteiger charge is -2.26. The van der Waals surface area contributed by atoms with E-state index in [2.05, 4.69) is 123 Å². The van der Waals surface area contributed by atoms with Crippen LogP contribution in [0.15, 0.2) is 109 Å². The lowest BCUT2D eigenvalue weighted by Crippen LogP contribution is -2.44. The summed E-state index contributed by atoms with van der Waals surface area (Å²) in [6, 6.07) is 0. The lowest BCUT2D eigenvalue weighted by atomic mass is 10.0. The smallest absolute Gasteiger partial charge is 0.306 e. The molecule has 488 valence electrons. The monoisotopic (exact) mass is 1190 g/mol. The maximum Gasteiger partial charge on any atom is 0.306 e. The molecule has 9 nitrogen and oxygen atoms in total. The van der Waals surface area contributed by atoms with Crippen molar-refractivity contribution in [2.24, 2.45) is 0 Å². The average Bonchev–Trinajstić information content (AvgIpc) is 3.49. The van der Waals surface area contributed by atoms with Crippen LogP contribution in [0.1, 0.15) is 296 Å². The van der Waals surface area contributed by atoms with Gasteiger partial charge in [-0.05, 0) is 103 Å². The Bertz CT molecular complexity index is 1760. The van der Waals surface area contributed by atoms with Crippen LogP contribution in [0, 0.1) is 0 Å². The van der Waals surface area contributed by atoms with Crippen LogP contribution in [-0.4, -0.2) is 82.3 Å². The fourth-order valence-corrected chi connectivity index (χ4v) is 9.67. The summed E-state index contributed by atoms with van der Waals surface area (Å²) in [5.41, 5.74) is 0. The third kappa shape index (κ3) is 67.3. The number of hydrogen-bond donors (Lipinski definition) is 0. The average molecular weight is 1190 g/mol. The van der Waals surface area contributed by atoms with Crippen molar-refractivity contribution in [2.45, 2.75) is 309 Å². The van der Waals surface area contributed by atoms with Crippen molar-refractivity contribution < 1.29 is 42.9 Å². The van der Waals surface area contributed by atoms with Gasteiger partial charge in [0.2, 0.25) is 0 Å². The van der Waals surface area contributed by atoms with Crippen LogP contribution in [0.5, 0.6) is 0 Å². The van der Waals surface area contributed by atoms with E-state index in [4.69, 9.17) is 18.9 Å². The third-order valence-corrected chi connectivity index (χ3v) is 15.0. The Balaban J connectivity index is 4.05. The van der Waals surface area contributed by atoms with E-state index in [1.165, 1.54) is 173 Å². The van der Waals surface area contributed by atoms with Crippen LogP contribution in [0.4, 0.5) is 0 Å². The van der Waals surface area contributed by atoms with Crippen molar-refractivity contribution in [3.63, 3.8) is 0 Å². The van der Waals surface area contributed by atoms with Gasteiger partial charge in [0, 0.05) is 12.8 Å². The van der Waals surface area contributed by atoms with Gasteiger partial charge in [-0.1, -0.05) is 290 Å². The first-order chi connectivity index (χ1) is 41.6. The maximum absolute atomic E-state index is 12.9. The van der Waals surface area contributed by atoms with Crippen LogP contribution in [-0.2, 0) is 33.3 Å². The summed E-state index contributed by atoms with van der Waals surface area (Å²) in [5.74, 6) is -2.28. The number of hydrogen-bond acceptors (Lipinski definition) is 8. The van der Waals surface area contributed by atoms with Gasteiger partial charge in [0.1, 0.15) is 13.2 Å². The molecular weight excluding hydrogens is 1050 g/mol. The standard InChI is InChI=1S/C76H131NO8/c1-6-8-10-12-14-16-18-20-22-24-26-27-28-29-30-31-32-33-34-35-36-37-38-39-40-41-42-43-44-45-46-47-49-51-53-55-57-59-61-63-65-67-74(79)85-72(71-84-76(75(80)81)82-69-68-77(3,4)5)70-83-73(78)66-64-62-60-58-56-54-52-50-48-25-23-21-19-17-15-13-11-9-7-2/h8,10,14,16,20-23,26-27,29-30,32-33,35-36,38-39,72,76H,6-7,9,11-13,15,17-19,24-25,28,31,34,37,40-71H2,1-5H3/b10-8-,16-14-,22-20-,23-21-,27-26-,30-29-,33-32-,36-35-,39-38-. The Kier molecular flexibility index (Phi) is 62.8. The van der Waals surface area contributed by atoms with Gasteiger partial charge in [-0.15, -0.1) is 0 Å². The molecule has 85 heavy (non-hydrogen) atoms. The van der Waals surface area contributed by atoms with E-state index in [0.717, 1.165) is 89.9 Å². The highest BCUT2D eigenvalue weighted by atomic mass is 16.7. The minimum absolute atomic E-state index is 0.145. The van der Waals surface area contributed by atoms with Gasteiger partial charge in [0.25, 0.3) is 0 Å². The normalized spacial score (nSPS) is 13.4. The quantitative estimate of drug-likeness (QED) is 0.0195. The molecule has 0 bridgehead atoms. The molecule has 0 aromatic heterocycles. The zero-order valence-electron chi connectivity index (χ0n) is 55.7. The largest absolute Gasteiger partial charge is 0.545 e. The number of carbonyl (C=O) groups is 3. The molecule has 0 radical (unpaired) electrons. The summed E-state index contributed by atoms with van der Waals surface area (Å²) in [6.45, 7) is 4.65. The molecule has 0 spiro atoms. The zero-order chi connectivity index (χ0) is 61.9. The van der Waals surface area contributed by atoms with Crippen molar-refractivity contribution in [3.05, 3.63) is 109 Å². The minimum Gasteiger partial charge on any atom is -0.545 e. The number of likely N-dealkylation sites (N-methyl/N-ethyl adjacent to an activating group) is 1. The lowest BCUT2D eigenvalue weighted by molar-refractivity contribution is -0.870. The number of carboxylic acid groups (broad SMARTS) is 1. The van der Waals surface area contributed by atoms with Crippen LogP contribution >= 0.6 is 0 Å². The molecule has 0 aliphatic heterocycles. The predicted molar refractivity (Wildman–Crippen MR) is 361 cm³/mol. The molecule has 0 heterocycles. The van der Waals surface area contributed by atoms with Crippen molar-refractivity contribution in [1.29, 1.82) is 0 Å². The number of quaternary nitrogens is 1. The number of rotatable bonds is 64. The third-order valence-electron chi connectivity index (χ3n) is 15.0. The van der Waals surface area contributed by atoms with E-state index in [9.17, 15) is 19.5 Å². The molecule has 2 unspecified atom stereocenters. The molecule has 0 saturated carbocycles. The molecule has 9 heteroatoms. The molecule has 0 rings (SSSR count). The van der Waals surface area contributed by atoms with E-state index >= 15 is 0 Å². The molecule has 0 aliphatic rings. The summed E-state index contributed by atoms with van der Waals surface area (Å²) in [5, 5.41) is 11.8. The Labute approximate surface area is 524 Å². The van der Waals surface area contributed by atoms with E-state index in [1.807, 2.05) is 21.1 Å². The molecular formula is C76H131NO8. The summed E-state index contributed by atoms with van der Waals surface area (Å²) >= 11 is 0. The van der Waals surface area contributed by atoms with Crippen molar-refractivity contribution >= 4 is 17.9 Å². The van der Waals surface area contributed by atoms with Crippen LogP contribution in [0.25, 0.3) is 0 Å². The number of nitrogens with zero attached hydrogens (tertiary/aromatic N) is 1. The van der Waals surface area contributed by atoms with E-state index in [1.54, 1.807) is 0 Å². The summed E-state index contributed by atoms with van der Waals surface area (Å²) in [6.07, 6.45) is 88.8. The molecule has 0 amide bonds. The van der Waals surface area contributed by atoms with Gasteiger partial charge in [-0.2, -0.15) is 0 Å². The zero-order valence-corrected chi connectivity index (χ0v) is 55.7. The molecule has 0 N–H and O–H groups in total. The second kappa shape index (κ2) is 65.9. The van der Waals surface area contributed by atoms with Gasteiger partial charge >= 0.3 is 11.9 Å². The first kappa shape index (κ1) is 81.0. The highest BCUT2D eigenvalue weighted by molar-refractivity contribution is 5.70. The second-order valence-electron chi connectivity index (χ2n) is 24.4. The number of carbonyl (C=O) groups excluding carboxylic acids is 3. The Hall–Kier alpha value is -4.05. The summed E-state index contributed by atoms with van der Waals surface area (Å²) in [7, 11) is 5.93. The molecule has 2 atom stereocenters. The number of allylic oxidation sites excluding steroid dienone is 18. The van der Waals surface area contributed by atoms with Gasteiger partial charge in [0.05, 0.1) is 40.3 Å². The topological polar surface area (TPSA) is 111 Å². The molecule has 0 aromatic carbocycles. The fourth-order valence-electron chi connectivity index (χ4n) is 9.67. The van der Waals surface area contributed by atoms with Crippen LogP contribution in [0.2, 0.25) is 0 Å². The summed E-state index contributed by atoms with van der Waals surface area (Å²) < 4.78 is 22.8. The second-order valence-corrected chi connectivity index (χ2v) is 24.4. The first-order valence-corrected chi connectivity index (χ1v) is 35.0. The van der Waals surface area contributed by atoms with Gasteiger partial charge in [-0.25, -0.2) is 0 Å². The van der Waals surface area contributed by atoms with Gasteiger partial charge < -0.3 is 33.3 Å². The molecule has 0 aromatic rings. The summed E-state index contributed by atoms with van der Waals surface area (Å²) in [4.78, 5) is 37.4. The molecule has 0 fully saturated rings. The maximum atomic E-state index is 12.9. The Morgan fingerprint density at radius 3 is 1.01 bits per heavy atom. The number of unbranched alkanes of at least 4 members (excludes halogenated alkanes) is 31. The van der Waals surface area contributed by atoms with E-state index in [0.29, 0.717) is 17.4 Å². The Morgan fingerprint density at radius 2 is 0.671 bits per heavy atom.